The minimum absolute atomic E-state index is 0.262. The van der Waals surface area contributed by atoms with E-state index < -0.39 is 0 Å². The van der Waals surface area contributed by atoms with Crippen LogP contribution in [0.1, 0.15) is 28.9 Å². The normalized spacial score (nSPS) is 13.8. The number of aromatic nitrogens is 2. The maximum atomic E-state index is 12.1. The van der Waals surface area contributed by atoms with Gasteiger partial charge in [0, 0.05) is 16.2 Å². The molecule has 1 heterocycles. The van der Waals surface area contributed by atoms with Crippen molar-refractivity contribution in [1.82, 2.24) is 10.2 Å². The summed E-state index contributed by atoms with van der Waals surface area (Å²) < 4.78 is 1.01. The van der Waals surface area contributed by atoms with Crippen LogP contribution in [0.4, 0.5) is 11.5 Å². The summed E-state index contributed by atoms with van der Waals surface area (Å²) in [6, 6.07) is 9.62. The van der Waals surface area contributed by atoms with E-state index in [4.69, 9.17) is 0 Å². The first-order chi connectivity index (χ1) is 10.1. The Morgan fingerprint density at radius 3 is 2.67 bits per heavy atom. The summed E-state index contributed by atoms with van der Waals surface area (Å²) in [7, 11) is 0. The molecule has 1 fully saturated rings. The summed E-state index contributed by atoms with van der Waals surface area (Å²) in [5.41, 5.74) is 2.10. The standard InChI is InChI=1S/C15H15BrN4O/c1-9-8-11(4-5-12(9)16)18-15(21)13-6-7-14(20-19-13)17-10-2-3-10/h4-8,10H,2-3H2,1H3,(H,17,20)(H,18,21). The van der Waals surface area contributed by atoms with Crippen LogP contribution in [0.2, 0.25) is 0 Å². The summed E-state index contributed by atoms with van der Waals surface area (Å²) in [6.07, 6.45) is 2.35. The van der Waals surface area contributed by atoms with Gasteiger partial charge < -0.3 is 10.6 Å². The number of amides is 1. The minimum atomic E-state index is -0.262. The first kappa shape index (κ1) is 14.0. The second-order valence-electron chi connectivity index (χ2n) is 5.14. The van der Waals surface area contributed by atoms with Gasteiger partial charge in [-0.3, -0.25) is 4.79 Å². The molecule has 2 aromatic rings. The molecule has 2 N–H and O–H groups in total. The average molecular weight is 347 g/mol. The van der Waals surface area contributed by atoms with E-state index in [1.54, 1.807) is 12.1 Å². The maximum Gasteiger partial charge on any atom is 0.276 e. The quantitative estimate of drug-likeness (QED) is 0.890. The number of halogens is 1. The predicted molar refractivity (Wildman–Crippen MR) is 85.5 cm³/mol. The van der Waals surface area contributed by atoms with E-state index in [1.807, 2.05) is 25.1 Å². The third-order valence-electron chi connectivity index (χ3n) is 3.24. The van der Waals surface area contributed by atoms with E-state index in [9.17, 15) is 4.79 Å². The zero-order valence-corrected chi connectivity index (χ0v) is 13.1. The zero-order chi connectivity index (χ0) is 14.8. The van der Waals surface area contributed by atoms with Crippen molar-refractivity contribution in [3.63, 3.8) is 0 Å². The Hall–Kier alpha value is -1.95. The Labute approximate surface area is 131 Å². The molecule has 6 heteroatoms. The van der Waals surface area contributed by atoms with Gasteiger partial charge >= 0.3 is 0 Å². The van der Waals surface area contributed by atoms with E-state index in [-0.39, 0.29) is 5.91 Å². The van der Waals surface area contributed by atoms with Gasteiger partial charge in [0.15, 0.2) is 5.69 Å². The molecule has 0 radical (unpaired) electrons. The molecule has 5 nitrogen and oxygen atoms in total. The average Bonchev–Trinajstić information content (AvgIpc) is 3.28. The van der Waals surface area contributed by atoms with Gasteiger partial charge in [0.05, 0.1) is 0 Å². The van der Waals surface area contributed by atoms with Gasteiger partial charge in [0.2, 0.25) is 0 Å². The molecule has 1 amide bonds. The van der Waals surface area contributed by atoms with Crippen LogP contribution in [-0.2, 0) is 0 Å². The fourth-order valence-electron chi connectivity index (χ4n) is 1.88. The summed E-state index contributed by atoms with van der Waals surface area (Å²) in [6.45, 7) is 1.97. The SMILES string of the molecule is Cc1cc(NC(=O)c2ccc(NC3CC3)nn2)ccc1Br. The molecule has 0 saturated heterocycles. The number of hydrogen-bond acceptors (Lipinski definition) is 4. The lowest BCUT2D eigenvalue weighted by molar-refractivity contribution is 0.102. The molecule has 3 rings (SSSR count). The van der Waals surface area contributed by atoms with Crippen molar-refractivity contribution < 1.29 is 4.79 Å². The highest BCUT2D eigenvalue weighted by Crippen LogP contribution is 2.23. The highest BCUT2D eigenvalue weighted by atomic mass is 79.9. The smallest absolute Gasteiger partial charge is 0.276 e. The maximum absolute atomic E-state index is 12.1. The van der Waals surface area contributed by atoms with Crippen molar-refractivity contribution in [1.29, 1.82) is 0 Å². The van der Waals surface area contributed by atoms with Gasteiger partial charge in [0.1, 0.15) is 5.82 Å². The van der Waals surface area contributed by atoms with Crippen molar-refractivity contribution in [2.24, 2.45) is 0 Å². The van der Waals surface area contributed by atoms with E-state index in [0.29, 0.717) is 17.6 Å². The van der Waals surface area contributed by atoms with Crippen LogP contribution in [0.5, 0.6) is 0 Å². The van der Waals surface area contributed by atoms with Crippen LogP contribution in [0.3, 0.4) is 0 Å². The number of aryl methyl sites for hydroxylation is 1. The molecular formula is C15H15BrN4O. The van der Waals surface area contributed by atoms with Crippen LogP contribution in [0.25, 0.3) is 0 Å². The molecule has 0 spiro atoms. The molecule has 1 saturated carbocycles. The van der Waals surface area contributed by atoms with Crippen molar-refractivity contribution in [3.8, 4) is 0 Å². The van der Waals surface area contributed by atoms with Crippen LogP contribution < -0.4 is 10.6 Å². The summed E-state index contributed by atoms with van der Waals surface area (Å²) in [5.74, 6) is 0.454. The first-order valence-corrected chi connectivity index (χ1v) is 7.59. The van der Waals surface area contributed by atoms with Gasteiger partial charge in [-0.1, -0.05) is 15.9 Å². The lowest BCUT2D eigenvalue weighted by Crippen LogP contribution is -2.15. The van der Waals surface area contributed by atoms with E-state index in [0.717, 1.165) is 15.7 Å². The van der Waals surface area contributed by atoms with Crippen LogP contribution in [-0.4, -0.2) is 22.1 Å². The van der Waals surface area contributed by atoms with Gasteiger partial charge in [0.25, 0.3) is 5.91 Å². The monoisotopic (exact) mass is 346 g/mol. The van der Waals surface area contributed by atoms with E-state index in [1.165, 1.54) is 12.8 Å². The number of rotatable bonds is 4. The summed E-state index contributed by atoms with van der Waals surface area (Å²) >= 11 is 3.43. The number of nitrogens with one attached hydrogen (secondary N) is 2. The van der Waals surface area contributed by atoms with Crippen LogP contribution in [0.15, 0.2) is 34.8 Å². The van der Waals surface area contributed by atoms with Crippen LogP contribution in [0, 0.1) is 6.92 Å². The van der Waals surface area contributed by atoms with Crippen molar-refractivity contribution in [2.45, 2.75) is 25.8 Å². The van der Waals surface area contributed by atoms with Crippen molar-refractivity contribution in [2.75, 3.05) is 10.6 Å². The number of nitrogens with zero attached hydrogens (tertiary/aromatic N) is 2. The summed E-state index contributed by atoms with van der Waals surface area (Å²) in [4.78, 5) is 12.1. The predicted octanol–water partition coefficient (Wildman–Crippen LogP) is 3.37. The second-order valence-corrected chi connectivity index (χ2v) is 5.99. The number of hydrogen-bond donors (Lipinski definition) is 2. The molecule has 0 bridgehead atoms. The van der Waals surface area contributed by atoms with Gasteiger partial charge in [-0.2, -0.15) is 0 Å². The highest BCUT2D eigenvalue weighted by Gasteiger charge is 2.21. The number of benzene rings is 1. The Bertz CT molecular complexity index is 668. The molecule has 0 unspecified atom stereocenters. The fourth-order valence-corrected chi connectivity index (χ4v) is 2.13. The summed E-state index contributed by atoms with van der Waals surface area (Å²) in [5, 5.41) is 14.0. The van der Waals surface area contributed by atoms with Crippen molar-refractivity contribution in [3.05, 3.63) is 46.1 Å². The second kappa shape index (κ2) is 5.81. The molecule has 0 atom stereocenters. The molecule has 0 aliphatic heterocycles. The molecular weight excluding hydrogens is 332 g/mol. The zero-order valence-electron chi connectivity index (χ0n) is 11.6. The Morgan fingerprint density at radius 2 is 2.05 bits per heavy atom. The first-order valence-electron chi connectivity index (χ1n) is 6.79. The largest absolute Gasteiger partial charge is 0.366 e. The third-order valence-corrected chi connectivity index (χ3v) is 4.13. The lowest BCUT2D eigenvalue weighted by Gasteiger charge is -2.07. The molecule has 1 aliphatic rings. The lowest BCUT2D eigenvalue weighted by atomic mass is 10.2. The molecule has 1 aliphatic carbocycles. The van der Waals surface area contributed by atoms with Gasteiger partial charge in [-0.05, 0) is 55.7 Å². The number of carbonyl (C=O) groups is 1. The van der Waals surface area contributed by atoms with E-state index in [2.05, 4.69) is 36.8 Å². The molecule has 21 heavy (non-hydrogen) atoms. The van der Waals surface area contributed by atoms with E-state index >= 15 is 0 Å². The molecule has 108 valence electrons. The Balaban J connectivity index is 1.67. The molecule has 1 aromatic heterocycles. The Morgan fingerprint density at radius 1 is 1.24 bits per heavy atom. The number of carbonyl (C=O) groups excluding carboxylic acids is 1. The highest BCUT2D eigenvalue weighted by molar-refractivity contribution is 9.10. The van der Waals surface area contributed by atoms with Gasteiger partial charge in [-0.15, -0.1) is 10.2 Å². The number of anilines is 2. The minimum Gasteiger partial charge on any atom is -0.366 e. The van der Waals surface area contributed by atoms with Crippen LogP contribution >= 0.6 is 15.9 Å². The Kier molecular flexibility index (Phi) is 3.88. The third kappa shape index (κ3) is 3.58. The topological polar surface area (TPSA) is 66.9 Å². The fraction of sp³-hybridized carbons (Fsp3) is 0.267. The van der Waals surface area contributed by atoms with Gasteiger partial charge in [-0.25, -0.2) is 0 Å². The molecule has 1 aromatic carbocycles. The van der Waals surface area contributed by atoms with Crippen molar-refractivity contribution >= 4 is 33.3 Å².